The van der Waals surface area contributed by atoms with E-state index in [0.29, 0.717) is 17.8 Å². The normalized spacial score (nSPS) is 19.4. The molecule has 4 N–H and O–H groups in total. The molecule has 2 aromatic rings. The average molecular weight is 377 g/mol. The van der Waals surface area contributed by atoms with Gasteiger partial charge in [0.25, 0.3) is 5.56 Å². The summed E-state index contributed by atoms with van der Waals surface area (Å²) in [4.78, 5) is 15.1. The van der Waals surface area contributed by atoms with Crippen molar-refractivity contribution in [2.75, 3.05) is 11.9 Å². The van der Waals surface area contributed by atoms with Crippen LogP contribution in [0.15, 0.2) is 46.9 Å². The lowest BCUT2D eigenvalue weighted by Crippen LogP contribution is -2.31. The van der Waals surface area contributed by atoms with Crippen molar-refractivity contribution in [3.63, 3.8) is 0 Å². The number of benzene rings is 1. The number of halogens is 3. The monoisotopic (exact) mass is 377 g/mol. The van der Waals surface area contributed by atoms with Crippen molar-refractivity contribution in [1.29, 1.82) is 0 Å². The van der Waals surface area contributed by atoms with Crippen LogP contribution in [0.2, 0.25) is 0 Å². The van der Waals surface area contributed by atoms with Crippen LogP contribution in [0.1, 0.15) is 42.5 Å². The average Bonchev–Trinajstić information content (AvgIpc) is 2.62. The van der Waals surface area contributed by atoms with Crippen LogP contribution in [0.5, 0.6) is 0 Å². The van der Waals surface area contributed by atoms with Gasteiger partial charge in [0.1, 0.15) is 0 Å². The molecule has 2 unspecified atom stereocenters. The predicted molar refractivity (Wildman–Crippen MR) is 100 cm³/mol. The van der Waals surface area contributed by atoms with Gasteiger partial charge in [-0.3, -0.25) is 4.79 Å². The summed E-state index contributed by atoms with van der Waals surface area (Å²) >= 11 is 0. The molecule has 0 spiro atoms. The van der Waals surface area contributed by atoms with Gasteiger partial charge in [-0.25, -0.2) is 0 Å². The van der Waals surface area contributed by atoms with E-state index in [1.807, 2.05) is 19.1 Å². The molecule has 7 heteroatoms. The van der Waals surface area contributed by atoms with Crippen molar-refractivity contribution < 1.29 is 13.2 Å². The highest BCUT2D eigenvalue weighted by Crippen LogP contribution is 2.39. The fourth-order valence-electron chi connectivity index (χ4n) is 3.52. The zero-order valence-corrected chi connectivity index (χ0v) is 14.9. The summed E-state index contributed by atoms with van der Waals surface area (Å²) < 4.78 is 39.1. The Morgan fingerprint density at radius 2 is 2.04 bits per heavy atom. The molecule has 1 aliphatic rings. The maximum atomic E-state index is 13.0. The second-order valence-corrected chi connectivity index (χ2v) is 6.78. The Morgan fingerprint density at radius 3 is 2.74 bits per heavy atom. The van der Waals surface area contributed by atoms with Gasteiger partial charge in [-0.2, -0.15) is 13.2 Å². The second-order valence-electron chi connectivity index (χ2n) is 6.78. The van der Waals surface area contributed by atoms with E-state index >= 15 is 0 Å². The molecule has 2 atom stereocenters. The number of H-pyrrole nitrogens is 1. The van der Waals surface area contributed by atoms with Crippen molar-refractivity contribution in [1.82, 2.24) is 4.98 Å². The highest BCUT2D eigenvalue weighted by atomic mass is 19.4. The summed E-state index contributed by atoms with van der Waals surface area (Å²) in [6.07, 6.45) is 0.748. The number of pyridine rings is 1. The summed E-state index contributed by atoms with van der Waals surface area (Å²) in [6.45, 7) is 2.53. The molecule has 0 saturated heterocycles. The van der Waals surface area contributed by atoms with Crippen LogP contribution in [0.3, 0.4) is 0 Å². The molecule has 1 aromatic carbocycles. The van der Waals surface area contributed by atoms with Crippen LogP contribution in [-0.4, -0.2) is 11.5 Å². The third kappa shape index (κ3) is 4.08. The fraction of sp³-hybridized carbons (Fsp3) is 0.350. The lowest BCUT2D eigenvalue weighted by atomic mass is 9.79. The van der Waals surface area contributed by atoms with Crippen molar-refractivity contribution in [2.45, 2.75) is 32.0 Å². The Kier molecular flexibility index (Phi) is 5.41. The van der Waals surface area contributed by atoms with Crippen LogP contribution in [0.4, 0.5) is 18.9 Å². The van der Waals surface area contributed by atoms with Crippen LogP contribution >= 0.6 is 0 Å². The maximum absolute atomic E-state index is 13.0. The highest BCUT2D eigenvalue weighted by Gasteiger charge is 2.33. The molecule has 3 rings (SSSR count). The number of fused-ring (bicyclic) bond motifs is 1. The lowest BCUT2D eigenvalue weighted by molar-refractivity contribution is -0.137. The van der Waals surface area contributed by atoms with E-state index in [1.165, 1.54) is 6.07 Å². The first-order valence-corrected chi connectivity index (χ1v) is 8.87. The van der Waals surface area contributed by atoms with Crippen LogP contribution < -0.4 is 16.6 Å². The molecule has 1 aromatic heterocycles. The number of nitrogens with two attached hydrogens (primary N) is 1. The summed E-state index contributed by atoms with van der Waals surface area (Å²) in [5.74, 6) is -0.0536. The molecular formula is C20H22F3N3O. The standard InChI is InChI=1S/C20H22F3N3O/c1-12-13(4-3-8-24)10-14-7-9-25-19(27)17(14)18(12)26-16-6-2-5-15(11-16)20(21,22)23/h2,5-7,9-12,18,26H,3-4,8,24H2,1H3,(H,25,27). The minimum Gasteiger partial charge on any atom is -0.377 e. The Morgan fingerprint density at radius 1 is 1.26 bits per heavy atom. The van der Waals surface area contributed by atoms with E-state index in [2.05, 4.69) is 10.3 Å². The molecule has 0 amide bonds. The zero-order chi connectivity index (χ0) is 19.6. The summed E-state index contributed by atoms with van der Waals surface area (Å²) in [5.41, 5.74) is 7.44. The third-order valence-electron chi connectivity index (χ3n) is 4.95. The van der Waals surface area contributed by atoms with Gasteiger partial charge in [-0.05, 0) is 49.2 Å². The van der Waals surface area contributed by atoms with Gasteiger partial charge in [0.2, 0.25) is 0 Å². The number of hydrogen-bond acceptors (Lipinski definition) is 3. The van der Waals surface area contributed by atoms with Crippen molar-refractivity contribution in [2.24, 2.45) is 11.7 Å². The predicted octanol–water partition coefficient (Wildman–Crippen LogP) is 4.32. The first-order valence-electron chi connectivity index (χ1n) is 8.87. The Balaban J connectivity index is 1.99. The number of nitrogens with one attached hydrogen (secondary N) is 2. The van der Waals surface area contributed by atoms with E-state index in [9.17, 15) is 18.0 Å². The van der Waals surface area contributed by atoms with Gasteiger partial charge in [0, 0.05) is 23.4 Å². The molecule has 1 heterocycles. The van der Waals surface area contributed by atoms with Crippen LogP contribution in [0.25, 0.3) is 6.08 Å². The molecule has 27 heavy (non-hydrogen) atoms. The first kappa shape index (κ1) is 19.2. The van der Waals surface area contributed by atoms with Gasteiger partial charge in [0.05, 0.1) is 11.6 Å². The highest BCUT2D eigenvalue weighted by molar-refractivity contribution is 5.63. The van der Waals surface area contributed by atoms with E-state index in [4.69, 9.17) is 5.73 Å². The third-order valence-corrected chi connectivity index (χ3v) is 4.95. The van der Waals surface area contributed by atoms with E-state index < -0.39 is 17.8 Å². The minimum atomic E-state index is -4.42. The summed E-state index contributed by atoms with van der Waals surface area (Å²) in [5, 5.41) is 3.15. The topological polar surface area (TPSA) is 70.9 Å². The molecule has 0 bridgehead atoms. The molecule has 0 aliphatic heterocycles. The van der Waals surface area contributed by atoms with E-state index in [0.717, 1.165) is 36.1 Å². The smallest absolute Gasteiger partial charge is 0.377 e. The molecule has 0 saturated carbocycles. The maximum Gasteiger partial charge on any atom is 0.416 e. The molecule has 4 nitrogen and oxygen atoms in total. The van der Waals surface area contributed by atoms with E-state index in [1.54, 1.807) is 12.3 Å². The Hall–Kier alpha value is -2.54. The SMILES string of the molecule is CC1C(CCCN)=Cc2cc[nH]c(=O)c2C1Nc1cccc(C(F)(F)F)c1. The largest absolute Gasteiger partial charge is 0.416 e. The fourth-order valence-corrected chi connectivity index (χ4v) is 3.52. The van der Waals surface area contributed by atoms with Crippen molar-refractivity contribution in [3.05, 3.63) is 69.1 Å². The first-order chi connectivity index (χ1) is 12.8. The van der Waals surface area contributed by atoms with Gasteiger partial charge in [-0.15, -0.1) is 0 Å². The number of aromatic nitrogens is 1. The van der Waals surface area contributed by atoms with Crippen LogP contribution in [0, 0.1) is 5.92 Å². The van der Waals surface area contributed by atoms with Crippen molar-refractivity contribution >= 4 is 11.8 Å². The Labute approximate surface area is 155 Å². The molecule has 0 fully saturated rings. The molecule has 1 aliphatic carbocycles. The van der Waals surface area contributed by atoms with Gasteiger partial charge >= 0.3 is 6.18 Å². The van der Waals surface area contributed by atoms with E-state index in [-0.39, 0.29) is 11.5 Å². The second kappa shape index (κ2) is 7.60. The molecule has 144 valence electrons. The summed E-state index contributed by atoms with van der Waals surface area (Å²) in [7, 11) is 0. The quantitative estimate of drug-likeness (QED) is 0.727. The number of alkyl halides is 3. The van der Waals surface area contributed by atoms with Gasteiger partial charge in [0.15, 0.2) is 0 Å². The molecule has 0 radical (unpaired) electrons. The number of hydrogen-bond donors (Lipinski definition) is 3. The minimum absolute atomic E-state index is 0.0536. The van der Waals surface area contributed by atoms with Crippen molar-refractivity contribution in [3.8, 4) is 0 Å². The van der Waals surface area contributed by atoms with Gasteiger partial charge < -0.3 is 16.0 Å². The number of anilines is 1. The van der Waals surface area contributed by atoms with Gasteiger partial charge in [-0.1, -0.05) is 24.6 Å². The number of aromatic amines is 1. The number of rotatable bonds is 5. The molecular weight excluding hydrogens is 355 g/mol. The summed E-state index contributed by atoms with van der Waals surface area (Å²) in [6, 6.07) is 6.43. The Bertz CT molecular complexity index is 902. The van der Waals surface area contributed by atoms with Crippen LogP contribution in [-0.2, 0) is 6.18 Å². The zero-order valence-electron chi connectivity index (χ0n) is 14.9. The lowest BCUT2D eigenvalue weighted by Gasteiger charge is -2.33.